The van der Waals surface area contributed by atoms with Crippen LogP contribution in [0.4, 0.5) is 17.6 Å². The van der Waals surface area contributed by atoms with E-state index in [2.05, 4.69) is 4.74 Å². The zero-order valence-corrected chi connectivity index (χ0v) is 8.75. The summed E-state index contributed by atoms with van der Waals surface area (Å²) in [6, 6.07) is 0.456. The highest BCUT2D eigenvalue weighted by Gasteiger charge is 2.24. The maximum Gasteiger partial charge on any atom is 0.387 e. The van der Waals surface area contributed by atoms with Gasteiger partial charge in [0, 0.05) is 0 Å². The average Bonchev–Trinajstić information content (AvgIpc) is 2.10. The maximum atomic E-state index is 13.3. The molecule has 8 heteroatoms. The fraction of sp³-hybridized carbons (Fsp3) is 0.125. The number of alkyl halides is 2. The molecule has 0 saturated heterocycles. The van der Waals surface area contributed by atoms with Crippen molar-refractivity contribution in [3.8, 4) is 5.75 Å². The number of ether oxygens (including phenoxy) is 1. The summed E-state index contributed by atoms with van der Waals surface area (Å²) in [7, 11) is 0. The van der Waals surface area contributed by atoms with Gasteiger partial charge in [0.15, 0.2) is 11.6 Å². The van der Waals surface area contributed by atoms with Gasteiger partial charge in [-0.2, -0.15) is 8.78 Å². The van der Waals surface area contributed by atoms with E-state index < -0.39 is 39.8 Å². The minimum Gasteiger partial charge on any atom is -0.430 e. The predicted molar refractivity (Wildman–Crippen MR) is 48.2 cm³/mol. The van der Waals surface area contributed by atoms with Gasteiger partial charge in [0.05, 0.1) is 5.02 Å². The zero-order chi connectivity index (χ0) is 12.5. The van der Waals surface area contributed by atoms with Crippen molar-refractivity contribution in [2.24, 2.45) is 0 Å². The van der Waals surface area contributed by atoms with Crippen molar-refractivity contribution >= 4 is 28.4 Å². The lowest BCUT2D eigenvalue weighted by atomic mass is 10.2. The molecule has 0 radical (unpaired) electrons. The Kier molecular flexibility index (Phi) is 3.98. The highest BCUT2D eigenvalue weighted by atomic mass is 35.5. The zero-order valence-electron chi connectivity index (χ0n) is 7.24. The van der Waals surface area contributed by atoms with Crippen LogP contribution in [0.5, 0.6) is 5.75 Å². The summed E-state index contributed by atoms with van der Waals surface area (Å²) >= 11 is 10.1. The largest absolute Gasteiger partial charge is 0.430 e. The van der Waals surface area contributed by atoms with Gasteiger partial charge in [0.25, 0.3) is 5.24 Å². The molecular weight excluding hydrogens is 275 g/mol. The van der Waals surface area contributed by atoms with Gasteiger partial charge in [0.1, 0.15) is 11.4 Å². The van der Waals surface area contributed by atoms with Crippen LogP contribution in [0.2, 0.25) is 5.02 Å². The summed E-state index contributed by atoms with van der Waals surface area (Å²) in [5.41, 5.74) is -1.19. The van der Waals surface area contributed by atoms with Crippen LogP contribution in [-0.2, 0) is 0 Å². The topological polar surface area (TPSA) is 26.3 Å². The molecule has 16 heavy (non-hydrogen) atoms. The van der Waals surface area contributed by atoms with Gasteiger partial charge >= 0.3 is 6.61 Å². The first-order valence-electron chi connectivity index (χ1n) is 3.66. The minimum atomic E-state index is -3.37. The first kappa shape index (κ1) is 13.1. The molecule has 1 aromatic rings. The summed E-state index contributed by atoms with van der Waals surface area (Å²) in [6.45, 7) is -3.37. The van der Waals surface area contributed by atoms with Gasteiger partial charge < -0.3 is 4.74 Å². The fourth-order valence-electron chi connectivity index (χ4n) is 0.949. The molecule has 0 aromatic heterocycles. The van der Waals surface area contributed by atoms with Crippen molar-refractivity contribution in [2.75, 3.05) is 0 Å². The van der Waals surface area contributed by atoms with Crippen molar-refractivity contribution in [1.29, 1.82) is 0 Å². The Bertz CT molecular complexity index is 437. The molecule has 0 atom stereocenters. The molecule has 0 aliphatic rings. The van der Waals surface area contributed by atoms with E-state index in [1.54, 1.807) is 0 Å². The summed E-state index contributed by atoms with van der Waals surface area (Å²) in [6.07, 6.45) is 0. The highest BCUT2D eigenvalue weighted by molar-refractivity contribution is 6.67. The molecule has 0 aliphatic carbocycles. The smallest absolute Gasteiger partial charge is 0.387 e. The number of halogens is 6. The Morgan fingerprint density at radius 1 is 1.38 bits per heavy atom. The summed E-state index contributed by atoms with van der Waals surface area (Å²) in [5.74, 6) is -4.14. The molecule has 0 N–H and O–H groups in total. The second kappa shape index (κ2) is 4.88. The lowest BCUT2D eigenvalue weighted by molar-refractivity contribution is -0.0522. The Hall–Kier alpha value is -1.01. The van der Waals surface area contributed by atoms with Crippen LogP contribution in [0.1, 0.15) is 10.4 Å². The Morgan fingerprint density at radius 3 is 2.38 bits per heavy atom. The van der Waals surface area contributed by atoms with Crippen molar-refractivity contribution < 1.29 is 27.1 Å². The SMILES string of the molecule is O=C(Cl)c1c(F)cc(Cl)c(OC(F)F)c1F. The molecule has 1 rings (SSSR count). The number of benzene rings is 1. The lowest BCUT2D eigenvalue weighted by Crippen LogP contribution is -2.08. The normalized spacial score (nSPS) is 10.7. The second-order valence-electron chi connectivity index (χ2n) is 2.51. The molecule has 0 spiro atoms. The minimum absolute atomic E-state index is 0.456. The molecule has 0 unspecified atom stereocenters. The standard InChI is InChI=1S/C8H2Cl2F4O2/c9-2-1-3(11)4(7(10)15)5(12)6(2)16-8(13)14/h1,8H. The van der Waals surface area contributed by atoms with Gasteiger partial charge in [-0.1, -0.05) is 11.6 Å². The Balaban J connectivity index is 3.39. The van der Waals surface area contributed by atoms with E-state index in [-0.39, 0.29) is 0 Å². The molecule has 0 bridgehead atoms. The van der Waals surface area contributed by atoms with Crippen LogP contribution in [-0.4, -0.2) is 11.9 Å². The van der Waals surface area contributed by atoms with E-state index in [9.17, 15) is 22.4 Å². The number of carbonyl (C=O) groups is 1. The molecule has 2 nitrogen and oxygen atoms in total. The molecule has 0 amide bonds. The molecule has 0 saturated carbocycles. The molecule has 0 fully saturated rings. The predicted octanol–water partition coefficient (Wildman–Crippen LogP) is 3.60. The third-order valence-electron chi connectivity index (χ3n) is 1.53. The van der Waals surface area contributed by atoms with E-state index in [1.807, 2.05) is 0 Å². The van der Waals surface area contributed by atoms with E-state index in [0.717, 1.165) is 0 Å². The van der Waals surface area contributed by atoms with E-state index >= 15 is 0 Å². The fourth-order valence-corrected chi connectivity index (χ4v) is 1.35. The van der Waals surface area contributed by atoms with Crippen LogP contribution in [0.3, 0.4) is 0 Å². The maximum absolute atomic E-state index is 13.3. The van der Waals surface area contributed by atoms with E-state index in [0.29, 0.717) is 6.07 Å². The van der Waals surface area contributed by atoms with Crippen molar-refractivity contribution in [1.82, 2.24) is 0 Å². The van der Waals surface area contributed by atoms with Crippen molar-refractivity contribution in [2.45, 2.75) is 6.61 Å². The van der Waals surface area contributed by atoms with Gasteiger partial charge in [0.2, 0.25) is 0 Å². The Labute approximate surface area is 96.7 Å². The number of hydrogen-bond acceptors (Lipinski definition) is 2. The molecule has 1 aromatic carbocycles. The summed E-state index contributed by atoms with van der Waals surface area (Å²) < 4.78 is 53.7. The van der Waals surface area contributed by atoms with Crippen molar-refractivity contribution in [3.63, 3.8) is 0 Å². The number of hydrogen-bond donors (Lipinski definition) is 0. The highest BCUT2D eigenvalue weighted by Crippen LogP contribution is 2.33. The van der Waals surface area contributed by atoms with Gasteiger partial charge in [-0.05, 0) is 17.7 Å². The van der Waals surface area contributed by atoms with Gasteiger partial charge in [-0.3, -0.25) is 4.79 Å². The van der Waals surface area contributed by atoms with Gasteiger partial charge in [-0.15, -0.1) is 0 Å². The first-order valence-corrected chi connectivity index (χ1v) is 4.42. The second-order valence-corrected chi connectivity index (χ2v) is 3.26. The number of rotatable bonds is 3. The quantitative estimate of drug-likeness (QED) is 0.623. The molecule has 88 valence electrons. The number of carbonyl (C=O) groups excluding carboxylic acids is 1. The van der Waals surface area contributed by atoms with Gasteiger partial charge in [-0.25, -0.2) is 8.78 Å². The first-order chi connectivity index (χ1) is 7.34. The van der Waals surface area contributed by atoms with Crippen LogP contribution in [0, 0.1) is 11.6 Å². The lowest BCUT2D eigenvalue weighted by Gasteiger charge is -2.10. The Morgan fingerprint density at radius 2 is 1.94 bits per heavy atom. The third-order valence-corrected chi connectivity index (χ3v) is 2.00. The van der Waals surface area contributed by atoms with Crippen LogP contribution >= 0.6 is 23.2 Å². The van der Waals surface area contributed by atoms with E-state index in [1.165, 1.54) is 0 Å². The monoisotopic (exact) mass is 276 g/mol. The van der Waals surface area contributed by atoms with Crippen LogP contribution < -0.4 is 4.74 Å². The average molecular weight is 277 g/mol. The summed E-state index contributed by atoms with van der Waals surface area (Å²) in [5, 5.41) is -2.21. The molecule has 0 aliphatic heterocycles. The molecular formula is C8H2Cl2F4O2. The molecule has 0 heterocycles. The summed E-state index contributed by atoms with van der Waals surface area (Å²) in [4.78, 5) is 10.6. The van der Waals surface area contributed by atoms with Crippen molar-refractivity contribution in [3.05, 3.63) is 28.3 Å². The third kappa shape index (κ3) is 2.56. The van der Waals surface area contributed by atoms with Crippen LogP contribution in [0.25, 0.3) is 0 Å². The van der Waals surface area contributed by atoms with Crippen LogP contribution in [0.15, 0.2) is 6.07 Å². The van der Waals surface area contributed by atoms with E-state index in [4.69, 9.17) is 23.2 Å².